The first kappa shape index (κ1) is 24.1. The molecule has 0 aromatic heterocycles. The second-order valence-corrected chi connectivity index (χ2v) is 9.25. The number of phenols is 1. The lowest BCUT2D eigenvalue weighted by Gasteiger charge is -2.34. The maximum absolute atomic E-state index is 13.6. The zero-order chi connectivity index (χ0) is 23.7. The van der Waals surface area contributed by atoms with Crippen LogP contribution in [0.15, 0.2) is 49.5 Å². The Morgan fingerprint density at radius 3 is 2.41 bits per heavy atom. The minimum Gasteiger partial charge on any atom is -0.506 e. The molecule has 7 nitrogen and oxygen atoms in total. The standard InChI is InChI=1S/C23H24BrNO6S/c1-6-30-22(28)17-15(20(26)14-9-8-11(3)18(24)21(14)27)10-16-25(12(4)13(5)32-16)19(17)23(29)31-7-2/h8-10,19,27H,6-7H2,1-5H3. The van der Waals surface area contributed by atoms with E-state index in [2.05, 4.69) is 15.9 Å². The van der Waals surface area contributed by atoms with E-state index in [9.17, 15) is 19.5 Å². The van der Waals surface area contributed by atoms with Crippen molar-refractivity contribution in [2.75, 3.05) is 13.2 Å². The van der Waals surface area contributed by atoms with Crippen LogP contribution in [0.4, 0.5) is 0 Å². The topological polar surface area (TPSA) is 93.1 Å². The number of aryl methyl sites for hydroxylation is 1. The molecular weight excluding hydrogens is 498 g/mol. The highest BCUT2D eigenvalue weighted by atomic mass is 79.9. The number of ketones is 1. The summed E-state index contributed by atoms with van der Waals surface area (Å²) >= 11 is 4.69. The van der Waals surface area contributed by atoms with Crippen LogP contribution in [0.1, 0.15) is 43.6 Å². The van der Waals surface area contributed by atoms with Crippen molar-refractivity contribution in [3.63, 3.8) is 0 Å². The Bertz CT molecular complexity index is 1100. The van der Waals surface area contributed by atoms with Crippen LogP contribution in [0.3, 0.4) is 0 Å². The van der Waals surface area contributed by atoms with Gasteiger partial charge in [0.05, 0.1) is 33.9 Å². The number of phenolic OH excluding ortho intramolecular Hbond substituents is 1. The van der Waals surface area contributed by atoms with Crippen LogP contribution in [0.25, 0.3) is 0 Å². The zero-order valence-corrected chi connectivity index (χ0v) is 20.8. The van der Waals surface area contributed by atoms with E-state index in [1.54, 1.807) is 37.8 Å². The van der Waals surface area contributed by atoms with Crippen molar-refractivity contribution in [2.45, 2.75) is 40.7 Å². The van der Waals surface area contributed by atoms with Crippen LogP contribution >= 0.6 is 27.7 Å². The van der Waals surface area contributed by atoms with Crippen LogP contribution in [0.2, 0.25) is 0 Å². The largest absolute Gasteiger partial charge is 0.506 e. The van der Waals surface area contributed by atoms with Gasteiger partial charge in [-0.1, -0.05) is 17.8 Å². The monoisotopic (exact) mass is 521 g/mol. The highest BCUT2D eigenvalue weighted by Crippen LogP contribution is 2.47. The summed E-state index contributed by atoms with van der Waals surface area (Å²) in [6, 6.07) is 2.01. The predicted octanol–water partition coefficient (Wildman–Crippen LogP) is 4.59. The third-order valence-corrected chi connectivity index (χ3v) is 7.39. The van der Waals surface area contributed by atoms with Crippen molar-refractivity contribution < 1.29 is 29.0 Å². The van der Waals surface area contributed by atoms with E-state index >= 15 is 0 Å². The molecule has 0 amide bonds. The van der Waals surface area contributed by atoms with Crippen LogP contribution in [-0.4, -0.2) is 47.0 Å². The smallest absolute Gasteiger partial charge is 0.337 e. The molecule has 1 atom stereocenters. The molecule has 9 heteroatoms. The molecule has 170 valence electrons. The molecule has 0 aliphatic carbocycles. The number of allylic oxidation sites excluding steroid dienone is 4. The van der Waals surface area contributed by atoms with Gasteiger partial charge < -0.3 is 19.5 Å². The highest BCUT2D eigenvalue weighted by Gasteiger charge is 2.46. The summed E-state index contributed by atoms with van der Waals surface area (Å²) in [5.74, 6) is -2.26. The summed E-state index contributed by atoms with van der Waals surface area (Å²) < 4.78 is 10.9. The zero-order valence-electron chi connectivity index (χ0n) is 18.4. The molecule has 1 N–H and O–H groups in total. The number of halogens is 1. The van der Waals surface area contributed by atoms with E-state index in [0.717, 1.165) is 16.2 Å². The number of nitrogens with zero attached hydrogens (tertiary/aromatic N) is 1. The average molecular weight is 522 g/mol. The summed E-state index contributed by atoms with van der Waals surface area (Å²) in [6.07, 6.45) is 1.57. The van der Waals surface area contributed by atoms with Gasteiger partial charge in [0.2, 0.25) is 0 Å². The number of ether oxygens (including phenoxy) is 2. The first-order chi connectivity index (χ1) is 15.1. The Morgan fingerprint density at radius 2 is 1.78 bits per heavy atom. The number of benzene rings is 1. The van der Waals surface area contributed by atoms with E-state index in [-0.39, 0.29) is 35.7 Å². The molecule has 0 saturated heterocycles. The van der Waals surface area contributed by atoms with Gasteiger partial charge in [-0.05, 0) is 68.3 Å². The van der Waals surface area contributed by atoms with Gasteiger partial charge in [-0.15, -0.1) is 0 Å². The van der Waals surface area contributed by atoms with E-state index < -0.39 is 23.8 Å². The van der Waals surface area contributed by atoms with Crippen molar-refractivity contribution in [1.29, 1.82) is 0 Å². The van der Waals surface area contributed by atoms with Gasteiger partial charge in [0, 0.05) is 16.2 Å². The number of thioether (sulfide) groups is 1. The number of aromatic hydroxyl groups is 1. The third-order valence-electron chi connectivity index (χ3n) is 5.26. The fourth-order valence-electron chi connectivity index (χ4n) is 3.57. The summed E-state index contributed by atoms with van der Waals surface area (Å²) in [6.45, 7) is 9.02. The molecule has 2 heterocycles. The molecule has 1 aromatic rings. The average Bonchev–Trinajstić information content (AvgIpc) is 3.04. The van der Waals surface area contributed by atoms with Crippen molar-refractivity contribution >= 4 is 45.4 Å². The quantitative estimate of drug-likeness (QED) is 0.429. The molecule has 3 rings (SSSR count). The lowest BCUT2D eigenvalue weighted by atomic mass is 9.89. The molecule has 1 unspecified atom stereocenters. The first-order valence-corrected chi connectivity index (χ1v) is 11.7. The maximum Gasteiger partial charge on any atom is 0.337 e. The van der Waals surface area contributed by atoms with E-state index in [4.69, 9.17) is 9.47 Å². The molecular formula is C23H24BrNO6S. The van der Waals surface area contributed by atoms with E-state index in [0.29, 0.717) is 9.50 Å². The van der Waals surface area contributed by atoms with Crippen LogP contribution in [0.5, 0.6) is 5.75 Å². The van der Waals surface area contributed by atoms with Gasteiger partial charge >= 0.3 is 11.9 Å². The van der Waals surface area contributed by atoms with Crippen molar-refractivity contribution in [3.05, 3.63) is 60.6 Å². The molecule has 0 spiro atoms. The van der Waals surface area contributed by atoms with Crippen molar-refractivity contribution in [2.24, 2.45) is 0 Å². The molecule has 0 saturated carbocycles. The Labute approximate surface area is 199 Å². The summed E-state index contributed by atoms with van der Waals surface area (Å²) in [5, 5.41) is 11.2. The Hall–Kier alpha value is -2.52. The molecule has 32 heavy (non-hydrogen) atoms. The van der Waals surface area contributed by atoms with Crippen LogP contribution in [-0.2, 0) is 19.1 Å². The number of fused-ring (bicyclic) bond motifs is 1. The van der Waals surface area contributed by atoms with Crippen molar-refractivity contribution in [1.82, 2.24) is 4.90 Å². The summed E-state index contributed by atoms with van der Waals surface area (Å²) in [4.78, 5) is 42.3. The van der Waals surface area contributed by atoms with Gasteiger partial charge in [-0.25, -0.2) is 9.59 Å². The van der Waals surface area contributed by atoms with Gasteiger partial charge in [-0.3, -0.25) is 4.79 Å². The summed E-state index contributed by atoms with van der Waals surface area (Å²) in [5.41, 5.74) is 1.43. The molecule has 2 aliphatic rings. The number of carbonyl (C=O) groups is 3. The predicted molar refractivity (Wildman–Crippen MR) is 125 cm³/mol. The Balaban J connectivity index is 2.27. The van der Waals surface area contributed by atoms with E-state index in [1.807, 2.05) is 13.8 Å². The number of hydrogen-bond acceptors (Lipinski definition) is 8. The summed E-state index contributed by atoms with van der Waals surface area (Å²) in [7, 11) is 0. The normalized spacial score (nSPS) is 17.9. The Kier molecular flexibility index (Phi) is 7.19. The number of hydrogen-bond donors (Lipinski definition) is 1. The Morgan fingerprint density at radius 1 is 1.12 bits per heavy atom. The van der Waals surface area contributed by atoms with E-state index in [1.165, 1.54) is 17.8 Å². The van der Waals surface area contributed by atoms with Gasteiger partial charge in [0.1, 0.15) is 5.75 Å². The maximum atomic E-state index is 13.6. The van der Waals surface area contributed by atoms with Crippen LogP contribution in [0, 0.1) is 6.92 Å². The second-order valence-electron chi connectivity index (χ2n) is 7.22. The van der Waals surface area contributed by atoms with Gasteiger partial charge in [0.15, 0.2) is 11.8 Å². The molecule has 2 aliphatic heterocycles. The minimum atomic E-state index is -1.17. The molecule has 0 bridgehead atoms. The SMILES string of the molecule is CCOC(=O)C1=C(C(=O)c2ccc(C)c(Br)c2O)C=C2SC(C)=C(C)N2C1C(=O)OCC. The number of esters is 2. The van der Waals surface area contributed by atoms with Gasteiger partial charge in [-0.2, -0.15) is 0 Å². The molecule has 0 fully saturated rings. The second kappa shape index (κ2) is 9.54. The fourth-order valence-corrected chi connectivity index (χ4v) is 4.99. The lowest BCUT2D eigenvalue weighted by Crippen LogP contribution is -2.45. The minimum absolute atomic E-state index is 0.00574. The highest BCUT2D eigenvalue weighted by molar-refractivity contribution is 9.10. The van der Waals surface area contributed by atoms with Gasteiger partial charge in [0.25, 0.3) is 0 Å². The van der Waals surface area contributed by atoms with Crippen molar-refractivity contribution in [3.8, 4) is 5.75 Å². The van der Waals surface area contributed by atoms with Crippen LogP contribution < -0.4 is 0 Å². The number of rotatable bonds is 6. The number of Topliss-reactive ketones (excluding diaryl/α,β-unsaturated/α-hetero) is 1. The fraction of sp³-hybridized carbons (Fsp3) is 0.348. The third kappa shape index (κ3) is 4.11. The first-order valence-electron chi connectivity index (χ1n) is 10.1. The molecule has 0 radical (unpaired) electrons. The number of carbonyl (C=O) groups excluding carboxylic acids is 3. The lowest BCUT2D eigenvalue weighted by molar-refractivity contribution is -0.150. The molecule has 1 aromatic carbocycles.